The van der Waals surface area contributed by atoms with E-state index < -0.39 is 11.7 Å². The molecule has 0 fully saturated rings. The molecular weight excluding hydrogens is 448 g/mol. The minimum atomic E-state index is -0.521. The van der Waals surface area contributed by atoms with Gasteiger partial charge in [0.15, 0.2) is 0 Å². The number of carbonyl (C=O) groups excluding carboxylic acids is 1. The molecule has 34 heavy (non-hydrogen) atoms. The van der Waals surface area contributed by atoms with Gasteiger partial charge in [-0.3, -0.25) is 4.79 Å². The number of methoxy groups -OCH3 is 1. The summed E-state index contributed by atoms with van der Waals surface area (Å²) in [6.45, 7) is 10.1. The van der Waals surface area contributed by atoms with Crippen molar-refractivity contribution in [3.8, 4) is 16.2 Å². The first kappa shape index (κ1) is 23.8. The van der Waals surface area contributed by atoms with E-state index in [1.807, 2.05) is 45.2 Å². The number of nitrogens with one attached hydrogen (secondary N) is 2. The van der Waals surface area contributed by atoms with E-state index in [9.17, 15) is 9.59 Å². The maximum Gasteiger partial charge on any atom is 0.407 e. The van der Waals surface area contributed by atoms with E-state index in [1.54, 1.807) is 18.4 Å². The number of aromatic amines is 1. The SMILES string of the molecule is COc1cc(C)c2[nH]c(=O)c3csc(-c4ccc(C(C)CNC(=O)OC(C)(C)C)cc4)c3c2c1. The number of H-pyrrole nitrogens is 1. The molecule has 7 heteroatoms. The van der Waals surface area contributed by atoms with Crippen LogP contribution < -0.4 is 15.6 Å². The summed E-state index contributed by atoms with van der Waals surface area (Å²) in [5.74, 6) is 0.884. The van der Waals surface area contributed by atoms with E-state index in [4.69, 9.17) is 9.47 Å². The minimum absolute atomic E-state index is 0.0864. The molecule has 178 valence electrons. The Labute approximate surface area is 202 Å². The molecule has 0 saturated carbocycles. The summed E-state index contributed by atoms with van der Waals surface area (Å²) in [6.07, 6.45) is -0.413. The van der Waals surface area contributed by atoms with E-state index in [0.29, 0.717) is 11.9 Å². The van der Waals surface area contributed by atoms with Crippen LogP contribution in [0.1, 0.15) is 44.7 Å². The van der Waals surface area contributed by atoms with E-state index in [-0.39, 0.29) is 11.5 Å². The van der Waals surface area contributed by atoms with E-state index in [1.165, 1.54) is 0 Å². The summed E-state index contributed by atoms with van der Waals surface area (Å²) in [7, 11) is 1.65. The first-order valence-electron chi connectivity index (χ1n) is 11.3. The number of aromatic nitrogens is 1. The van der Waals surface area contributed by atoms with Crippen LogP contribution >= 0.6 is 11.3 Å². The molecule has 1 amide bonds. The first-order valence-corrected chi connectivity index (χ1v) is 12.1. The van der Waals surface area contributed by atoms with Crippen LogP contribution in [0.5, 0.6) is 5.75 Å². The molecule has 4 rings (SSSR count). The normalized spacial score (nSPS) is 12.6. The van der Waals surface area contributed by atoms with Gasteiger partial charge >= 0.3 is 6.09 Å². The Morgan fingerprint density at radius 2 is 1.85 bits per heavy atom. The molecule has 0 aliphatic carbocycles. The fourth-order valence-corrected chi connectivity index (χ4v) is 5.12. The second-order valence-corrected chi connectivity index (χ2v) is 10.5. The van der Waals surface area contributed by atoms with Crippen LogP contribution in [0.4, 0.5) is 4.79 Å². The van der Waals surface area contributed by atoms with Crippen molar-refractivity contribution in [2.45, 2.75) is 46.1 Å². The highest BCUT2D eigenvalue weighted by Crippen LogP contribution is 2.39. The molecule has 2 aromatic heterocycles. The van der Waals surface area contributed by atoms with Crippen molar-refractivity contribution >= 4 is 39.1 Å². The van der Waals surface area contributed by atoms with Gasteiger partial charge in [0, 0.05) is 27.6 Å². The molecule has 1 unspecified atom stereocenters. The maximum atomic E-state index is 12.8. The number of rotatable bonds is 5. The number of pyridine rings is 1. The zero-order chi connectivity index (χ0) is 24.6. The summed E-state index contributed by atoms with van der Waals surface area (Å²) in [5, 5.41) is 7.35. The monoisotopic (exact) mass is 478 g/mol. The van der Waals surface area contributed by atoms with Gasteiger partial charge in [0.1, 0.15) is 11.4 Å². The Morgan fingerprint density at radius 1 is 1.15 bits per heavy atom. The third kappa shape index (κ3) is 4.80. The Kier molecular flexibility index (Phi) is 6.41. The van der Waals surface area contributed by atoms with Gasteiger partial charge in [-0.05, 0) is 62.4 Å². The lowest BCUT2D eigenvalue weighted by Crippen LogP contribution is -2.34. The summed E-state index contributed by atoms with van der Waals surface area (Å²) >= 11 is 1.56. The molecule has 4 aromatic rings. The van der Waals surface area contributed by atoms with E-state index >= 15 is 0 Å². The number of benzene rings is 2. The maximum absolute atomic E-state index is 12.8. The molecule has 0 aliphatic heterocycles. The van der Waals surface area contributed by atoms with E-state index in [0.717, 1.165) is 43.6 Å². The third-order valence-electron chi connectivity index (χ3n) is 5.78. The quantitative estimate of drug-likeness (QED) is 0.350. The van der Waals surface area contributed by atoms with Crippen LogP contribution in [0.3, 0.4) is 0 Å². The largest absolute Gasteiger partial charge is 0.497 e. The van der Waals surface area contributed by atoms with Gasteiger partial charge in [0.2, 0.25) is 0 Å². The molecule has 2 aromatic carbocycles. The van der Waals surface area contributed by atoms with Crippen molar-refractivity contribution in [2.75, 3.05) is 13.7 Å². The molecular formula is C27H30N2O4S. The predicted octanol–water partition coefficient (Wildman–Crippen LogP) is 6.36. The average Bonchev–Trinajstić information content (AvgIpc) is 3.23. The van der Waals surface area contributed by atoms with Gasteiger partial charge in [-0.15, -0.1) is 11.3 Å². The van der Waals surface area contributed by atoms with Crippen LogP contribution in [0.15, 0.2) is 46.6 Å². The van der Waals surface area contributed by atoms with Gasteiger partial charge in [-0.2, -0.15) is 0 Å². The number of ether oxygens (including phenoxy) is 2. The molecule has 0 bridgehead atoms. The highest BCUT2D eigenvalue weighted by Gasteiger charge is 2.18. The van der Waals surface area contributed by atoms with Crippen molar-refractivity contribution in [3.63, 3.8) is 0 Å². The summed E-state index contributed by atoms with van der Waals surface area (Å²) in [6, 6.07) is 12.2. The molecule has 2 N–H and O–H groups in total. The van der Waals surface area contributed by atoms with Crippen molar-refractivity contribution in [1.29, 1.82) is 0 Å². The van der Waals surface area contributed by atoms with Crippen molar-refractivity contribution in [3.05, 3.63) is 63.3 Å². The zero-order valence-electron chi connectivity index (χ0n) is 20.4. The molecule has 1 atom stereocenters. The average molecular weight is 479 g/mol. The number of aryl methyl sites for hydroxylation is 1. The highest BCUT2D eigenvalue weighted by molar-refractivity contribution is 7.15. The Bertz CT molecular complexity index is 1410. The lowest BCUT2D eigenvalue weighted by molar-refractivity contribution is 0.0525. The Balaban J connectivity index is 1.65. The minimum Gasteiger partial charge on any atom is -0.497 e. The Morgan fingerprint density at radius 3 is 2.50 bits per heavy atom. The fourth-order valence-electron chi connectivity index (χ4n) is 4.05. The van der Waals surface area contributed by atoms with Crippen LogP contribution in [-0.4, -0.2) is 30.3 Å². The summed E-state index contributed by atoms with van der Waals surface area (Å²) in [5.41, 5.74) is 3.34. The topological polar surface area (TPSA) is 80.4 Å². The second kappa shape index (κ2) is 9.14. The summed E-state index contributed by atoms with van der Waals surface area (Å²) in [4.78, 5) is 28.8. The van der Waals surface area contributed by atoms with Crippen molar-refractivity contribution in [1.82, 2.24) is 10.3 Å². The number of thiophene rings is 1. The Hall–Kier alpha value is -3.32. The molecule has 0 saturated heterocycles. The molecule has 0 aliphatic rings. The number of hydrogen-bond acceptors (Lipinski definition) is 5. The van der Waals surface area contributed by atoms with Crippen LogP contribution in [-0.2, 0) is 4.74 Å². The number of alkyl carbamates (subject to hydrolysis) is 1. The van der Waals surface area contributed by atoms with Crippen molar-refractivity contribution in [2.24, 2.45) is 0 Å². The highest BCUT2D eigenvalue weighted by atomic mass is 32.1. The lowest BCUT2D eigenvalue weighted by Gasteiger charge is -2.21. The molecule has 0 spiro atoms. The van der Waals surface area contributed by atoms with Gasteiger partial charge in [-0.25, -0.2) is 4.79 Å². The molecule has 2 heterocycles. The fraction of sp³-hybridized carbons (Fsp3) is 0.333. The van der Waals surface area contributed by atoms with Crippen LogP contribution in [0.25, 0.3) is 32.1 Å². The standard InChI is InChI=1S/C27H30N2O4S/c1-15-11-19(32-6)12-20-22-21(25(30)29-23(15)20)14-34-24(22)18-9-7-17(8-10-18)16(2)13-28-26(31)33-27(3,4)5/h7-12,14,16H,13H2,1-6H3,(H,28,31)(H,29,30). The van der Waals surface area contributed by atoms with Gasteiger partial charge in [0.05, 0.1) is 18.0 Å². The number of carbonyl (C=O) groups is 1. The zero-order valence-corrected chi connectivity index (χ0v) is 21.2. The predicted molar refractivity (Wildman–Crippen MR) is 139 cm³/mol. The smallest absolute Gasteiger partial charge is 0.407 e. The van der Waals surface area contributed by atoms with Crippen LogP contribution in [0, 0.1) is 6.92 Å². The second-order valence-electron chi connectivity index (χ2n) is 9.58. The molecule has 6 nitrogen and oxygen atoms in total. The van der Waals surface area contributed by atoms with Gasteiger partial charge < -0.3 is 19.8 Å². The number of hydrogen-bond donors (Lipinski definition) is 2. The van der Waals surface area contributed by atoms with E-state index in [2.05, 4.69) is 41.5 Å². The van der Waals surface area contributed by atoms with Crippen molar-refractivity contribution < 1.29 is 14.3 Å². The van der Waals surface area contributed by atoms with Gasteiger partial charge in [0.25, 0.3) is 5.56 Å². The summed E-state index contributed by atoms with van der Waals surface area (Å²) < 4.78 is 10.8. The van der Waals surface area contributed by atoms with Gasteiger partial charge in [-0.1, -0.05) is 31.2 Å². The molecule has 0 radical (unpaired) electrons. The third-order valence-corrected chi connectivity index (χ3v) is 6.81. The lowest BCUT2D eigenvalue weighted by atomic mass is 9.98. The number of amides is 1. The number of fused-ring (bicyclic) bond motifs is 3. The first-order chi connectivity index (χ1) is 16.1. The van der Waals surface area contributed by atoms with Crippen LogP contribution in [0.2, 0.25) is 0 Å².